The van der Waals surface area contributed by atoms with Crippen molar-refractivity contribution in [2.75, 3.05) is 14.2 Å². The van der Waals surface area contributed by atoms with Gasteiger partial charge in [-0.05, 0) is 30.3 Å². The molecule has 0 unspecified atom stereocenters. The van der Waals surface area contributed by atoms with Gasteiger partial charge in [-0.15, -0.1) is 6.58 Å². The van der Waals surface area contributed by atoms with Gasteiger partial charge < -0.3 is 19.1 Å². The molecule has 3 aromatic rings. The van der Waals surface area contributed by atoms with Crippen LogP contribution in [0.2, 0.25) is 0 Å². The number of carbonyl (C=O) groups excluding carboxylic acids is 1. The highest BCUT2D eigenvalue weighted by Crippen LogP contribution is 2.47. The number of ketones is 1. The number of benzene rings is 2. The summed E-state index contributed by atoms with van der Waals surface area (Å²) in [4.78, 5) is 13.1. The van der Waals surface area contributed by atoms with E-state index in [0.717, 1.165) is 22.2 Å². The van der Waals surface area contributed by atoms with Crippen LogP contribution in [0.25, 0.3) is 22.2 Å². The van der Waals surface area contributed by atoms with E-state index >= 15 is 0 Å². The maximum Gasteiger partial charge on any atom is 0.196 e. The lowest BCUT2D eigenvalue weighted by Gasteiger charge is -2.12. The average Bonchev–Trinajstić information content (AvgIpc) is 3.08. The Hall–Kier alpha value is -3.21. The first-order valence-corrected chi connectivity index (χ1v) is 7.88. The van der Waals surface area contributed by atoms with Crippen LogP contribution in [0.3, 0.4) is 0 Å². The molecule has 0 aliphatic heterocycles. The second kappa shape index (κ2) is 5.41. The van der Waals surface area contributed by atoms with Gasteiger partial charge in [0.1, 0.15) is 5.75 Å². The Bertz CT molecular complexity index is 1050. The van der Waals surface area contributed by atoms with Crippen molar-refractivity contribution < 1.29 is 19.4 Å². The molecule has 1 aromatic heterocycles. The van der Waals surface area contributed by atoms with Gasteiger partial charge in [-0.1, -0.05) is 6.08 Å². The Morgan fingerprint density at radius 2 is 1.80 bits per heavy atom. The summed E-state index contributed by atoms with van der Waals surface area (Å²) in [5.74, 6) is 1.14. The monoisotopic (exact) mass is 335 g/mol. The van der Waals surface area contributed by atoms with Crippen LogP contribution in [0.1, 0.15) is 15.9 Å². The number of hydrogen-bond acceptors (Lipinski definition) is 4. The number of hydrogen-bond donors (Lipinski definition) is 1. The third-order valence-electron chi connectivity index (χ3n) is 4.61. The van der Waals surface area contributed by atoms with Gasteiger partial charge in [0.2, 0.25) is 0 Å². The zero-order chi connectivity index (χ0) is 17.7. The first kappa shape index (κ1) is 15.3. The normalized spacial score (nSPS) is 12.2. The summed E-state index contributed by atoms with van der Waals surface area (Å²) in [6, 6.07) is 8.61. The van der Waals surface area contributed by atoms with Crippen LogP contribution in [-0.4, -0.2) is 29.7 Å². The number of ether oxygens (including phenoxy) is 2. The highest BCUT2D eigenvalue weighted by Gasteiger charge is 2.34. The van der Waals surface area contributed by atoms with Gasteiger partial charge in [-0.2, -0.15) is 0 Å². The van der Waals surface area contributed by atoms with Crippen molar-refractivity contribution in [1.82, 2.24) is 4.57 Å². The van der Waals surface area contributed by atoms with Crippen molar-refractivity contribution in [2.24, 2.45) is 0 Å². The SMILES string of the molecule is C=CCn1c2c(c3cc(O)ccc31)C(=O)c1cc(OC)c(OC)cc1-2. The number of aromatic hydroxyl groups is 1. The molecular weight excluding hydrogens is 318 g/mol. The second-order valence-electron chi connectivity index (χ2n) is 5.91. The van der Waals surface area contributed by atoms with E-state index in [1.54, 1.807) is 38.5 Å². The zero-order valence-corrected chi connectivity index (χ0v) is 14.0. The Morgan fingerprint density at radius 1 is 1.12 bits per heavy atom. The number of aromatic nitrogens is 1. The summed E-state index contributed by atoms with van der Waals surface area (Å²) in [7, 11) is 3.11. The Morgan fingerprint density at radius 3 is 2.44 bits per heavy atom. The van der Waals surface area contributed by atoms with E-state index in [-0.39, 0.29) is 11.5 Å². The minimum atomic E-state index is -0.0793. The molecule has 5 heteroatoms. The van der Waals surface area contributed by atoms with Crippen LogP contribution in [-0.2, 0) is 6.54 Å². The van der Waals surface area contributed by atoms with Crippen LogP contribution in [0.4, 0.5) is 0 Å². The summed E-state index contributed by atoms with van der Waals surface area (Å²) in [5, 5.41) is 10.6. The minimum Gasteiger partial charge on any atom is -0.508 e. The summed E-state index contributed by atoms with van der Waals surface area (Å²) in [6.45, 7) is 4.37. The molecule has 1 aliphatic carbocycles. The molecule has 2 aromatic carbocycles. The Labute approximate surface area is 144 Å². The molecule has 1 heterocycles. The quantitative estimate of drug-likeness (QED) is 0.577. The second-order valence-corrected chi connectivity index (χ2v) is 5.91. The molecule has 126 valence electrons. The van der Waals surface area contributed by atoms with Gasteiger partial charge in [0.15, 0.2) is 17.3 Å². The van der Waals surface area contributed by atoms with Crippen LogP contribution >= 0.6 is 0 Å². The molecule has 0 bridgehead atoms. The van der Waals surface area contributed by atoms with Gasteiger partial charge in [0, 0.05) is 28.6 Å². The molecule has 0 amide bonds. The van der Waals surface area contributed by atoms with E-state index < -0.39 is 0 Å². The lowest BCUT2D eigenvalue weighted by Crippen LogP contribution is -1.99. The Kier molecular flexibility index (Phi) is 3.32. The molecular formula is C20H17NO4. The predicted molar refractivity (Wildman–Crippen MR) is 95.8 cm³/mol. The number of fused-ring (bicyclic) bond motifs is 5. The number of allylic oxidation sites excluding steroid dienone is 1. The first-order chi connectivity index (χ1) is 12.1. The van der Waals surface area contributed by atoms with Crippen molar-refractivity contribution in [3.8, 4) is 28.5 Å². The molecule has 0 radical (unpaired) electrons. The largest absolute Gasteiger partial charge is 0.508 e. The van der Waals surface area contributed by atoms with Crippen LogP contribution in [0.15, 0.2) is 43.0 Å². The standard InChI is InChI=1S/C20H17NO4/c1-4-7-21-15-6-5-11(22)8-14(15)18-19(21)12-9-16(24-2)17(25-3)10-13(12)20(18)23/h4-6,8-10,22H,1,7H2,2-3H3. The average molecular weight is 335 g/mol. The van der Waals surface area contributed by atoms with Crippen molar-refractivity contribution >= 4 is 16.7 Å². The maximum atomic E-state index is 13.1. The number of phenols is 1. The fraction of sp³-hybridized carbons (Fsp3) is 0.150. The lowest BCUT2D eigenvalue weighted by molar-refractivity contribution is 0.104. The fourth-order valence-electron chi connectivity index (χ4n) is 3.57. The third-order valence-corrected chi connectivity index (χ3v) is 4.61. The van der Waals surface area contributed by atoms with Crippen molar-refractivity contribution in [3.05, 3.63) is 54.1 Å². The molecule has 5 nitrogen and oxygen atoms in total. The van der Waals surface area contributed by atoms with E-state index in [1.807, 2.05) is 16.7 Å². The maximum absolute atomic E-state index is 13.1. The molecule has 0 spiro atoms. The van der Waals surface area contributed by atoms with Crippen molar-refractivity contribution in [3.63, 3.8) is 0 Å². The first-order valence-electron chi connectivity index (χ1n) is 7.88. The number of nitrogens with zero attached hydrogens (tertiary/aromatic N) is 1. The number of rotatable bonds is 4. The molecule has 0 saturated heterocycles. The predicted octanol–water partition coefficient (Wildman–Crippen LogP) is 3.76. The lowest BCUT2D eigenvalue weighted by atomic mass is 10.1. The summed E-state index contributed by atoms with van der Waals surface area (Å²) >= 11 is 0. The number of carbonyl (C=O) groups is 1. The minimum absolute atomic E-state index is 0.0793. The van der Waals surface area contributed by atoms with Crippen LogP contribution in [0.5, 0.6) is 17.2 Å². The van der Waals surface area contributed by atoms with Gasteiger partial charge in [0.05, 0.1) is 25.5 Å². The summed E-state index contributed by atoms with van der Waals surface area (Å²) < 4.78 is 12.8. The molecule has 4 rings (SSSR count). The summed E-state index contributed by atoms with van der Waals surface area (Å²) in [6.07, 6.45) is 1.79. The highest BCUT2D eigenvalue weighted by atomic mass is 16.5. The molecule has 0 saturated carbocycles. The molecule has 1 N–H and O–H groups in total. The van der Waals surface area contributed by atoms with Crippen molar-refractivity contribution in [2.45, 2.75) is 6.54 Å². The molecule has 0 atom stereocenters. The zero-order valence-electron chi connectivity index (χ0n) is 14.0. The Balaban J connectivity index is 2.11. The molecule has 25 heavy (non-hydrogen) atoms. The van der Waals surface area contributed by atoms with Gasteiger partial charge >= 0.3 is 0 Å². The van der Waals surface area contributed by atoms with Gasteiger partial charge in [-0.3, -0.25) is 4.79 Å². The van der Waals surface area contributed by atoms with Crippen LogP contribution in [0, 0.1) is 0 Å². The topological polar surface area (TPSA) is 60.7 Å². The van der Waals surface area contributed by atoms with E-state index in [9.17, 15) is 9.90 Å². The van der Waals surface area contributed by atoms with Crippen molar-refractivity contribution in [1.29, 1.82) is 0 Å². The number of phenolic OH excluding ortho intramolecular Hbond substituents is 1. The van der Waals surface area contributed by atoms with E-state index in [1.165, 1.54) is 0 Å². The smallest absolute Gasteiger partial charge is 0.196 e. The third kappa shape index (κ3) is 1.99. The highest BCUT2D eigenvalue weighted by molar-refractivity contribution is 6.28. The van der Waals surface area contributed by atoms with Gasteiger partial charge in [-0.25, -0.2) is 0 Å². The van der Waals surface area contributed by atoms with E-state index in [2.05, 4.69) is 6.58 Å². The van der Waals surface area contributed by atoms with E-state index in [0.29, 0.717) is 29.2 Å². The fourth-order valence-corrected chi connectivity index (χ4v) is 3.57. The molecule has 0 fully saturated rings. The van der Waals surface area contributed by atoms with Crippen LogP contribution < -0.4 is 9.47 Å². The van der Waals surface area contributed by atoms with Gasteiger partial charge in [0.25, 0.3) is 0 Å². The van der Waals surface area contributed by atoms with E-state index in [4.69, 9.17) is 9.47 Å². The summed E-state index contributed by atoms with van der Waals surface area (Å²) in [5.41, 5.74) is 3.68. The molecule has 1 aliphatic rings. The number of methoxy groups -OCH3 is 2.